The quantitative estimate of drug-likeness (QED) is 0.755. The number of hydrogen-bond donors (Lipinski definition) is 0. The predicted octanol–water partition coefficient (Wildman–Crippen LogP) is 3.79. The van der Waals surface area contributed by atoms with Crippen LogP contribution in [-0.4, -0.2) is 23.4 Å². The number of thiophene rings is 1. The third-order valence-electron chi connectivity index (χ3n) is 4.41. The van der Waals surface area contributed by atoms with Gasteiger partial charge in [-0.05, 0) is 41.5 Å². The van der Waals surface area contributed by atoms with Crippen LogP contribution in [0.1, 0.15) is 49.7 Å². The first-order valence-electron chi connectivity index (χ1n) is 6.73. The van der Waals surface area contributed by atoms with Gasteiger partial charge in [-0.15, -0.1) is 11.3 Å². The van der Waals surface area contributed by atoms with Gasteiger partial charge in [-0.25, -0.2) is 0 Å². The number of likely N-dealkylation sites (tertiary alicyclic amines) is 1. The highest BCUT2D eigenvalue weighted by Crippen LogP contribution is 2.52. The van der Waals surface area contributed by atoms with E-state index in [9.17, 15) is 4.79 Å². The van der Waals surface area contributed by atoms with E-state index in [0.717, 1.165) is 17.8 Å². The summed E-state index contributed by atoms with van der Waals surface area (Å²) in [6.45, 7) is 7.98. The zero-order valence-corrected chi connectivity index (χ0v) is 12.2. The smallest absolute Gasteiger partial charge is 0.264 e. The molecular formula is C15H21NOS. The van der Waals surface area contributed by atoms with E-state index in [1.165, 1.54) is 12.8 Å². The van der Waals surface area contributed by atoms with Crippen LogP contribution in [0.4, 0.5) is 0 Å². The van der Waals surface area contributed by atoms with Gasteiger partial charge in [0.1, 0.15) is 0 Å². The number of amides is 1. The number of carbonyl (C=O) groups is 1. The van der Waals surface area contributed by atoms with E-state index >= 15 is 0 Å². The number of carbonyl (C=O) groups excluding carboxylic acids is 1. The zero-order chi connectivity index (χ0) is 13.0. The third kappa shape index (κ3) is 1.99. The molecule has 2 atom stereocenters. The molecule has 1 aliphatic heterocycles. The van der Waals surface area contributed by atoms with Gasteiger partial charge in [0.05, 0.1) is 4.88 Å². The Kier molecular flexibility index (Phi) is 2.60. The van der Waals surface area contributed by atoms with Crippen molar-refractivity contribution in [2.75, 3.05) is 6.54 Å². The topological polar surface area (TPSA) is 20.3 Å². The molecular weight excluding hydrogens is 242 g/mol. The first-order chi connectivity index (χ1) is 8.39. The van der Waals surface area contributed by atoms with Crippen LogP contribution in [0, 0.1) is 10.8 Å². The lowest BCUT2D eigenvalue weighted by Crippen LogP contribution is -2.37. The molecule has 2 heterocycles. The number of fused-ring (bicyclic) bond motifs is 2. The van der Waals surface area contributed by atoms with E-state index in [1.54, 1.807) is 11.3 Å². The predicted molar refractivity (Wildman–Crippen MR) is 74.9 cm³/mol. The minimum Gasteiger partial charge on any atom is -0.334 e. The summed E-state index contributed by atoms with van der Waals surface area (Å²) < 4.78 is 0. The monoisotopic (exact) mass is 263 g/mol. The summed E-state index contributed by atoms with van der Waals surface area (Å²) in [7, 11) is 0. The molecule has 1 aromatic heterocycles. The first kappa shape index (κ1) is 12.2. The molecule has 1 saturated heterocycles. The molecule has 3 rings (SSSR count). The summed E-state index contributed by atoms with van der Waals surface area (Å²) in [6, 6.07) is 4.36. The van der Waals surface area contributed by atoms with E-state index in [0.29, 0.717) is 16.9 Å². The normalized spacial score (nSPS) is 33.7. The van der Waals surface area contributed by atoms with Crippen molar-refractivity contribution in [3.63, 3.8) is 0 Å². The molecule has 1 saturated carbocycles. The minimum absolute atomic E-state index is 0.247. The minimum atomic E-state index is 0.247. The average Bonchev–Trinajstić information content (AvgIpc) is 2.82. The van der Waals surface area contributed by atoms with E-state index in [4.69, 9.17) is 0 Å². The van der Waals surface area contributed by atoms with Gasteiger partial charge in [-0.1, -0.05) is 26.8 Å². The Balaban J connectivity index is 1.86. The van der Waals surface area contributed by atoms with Crippen molar-refractivity contribution in [3.8, 4) is 0 Å². The van der Waals surface area contributed by atoms with Gasteiger partial charge in [0.15, 0.2) is 0 Å². The lowest BCUT2D eigenvalue weighted by molar-refractivity contribution is 0.0713. The number of rotatable bonds is 1. The van der Waals surface area contributed by atoms with Gasteiger partial charge in [-0.2, -0.15) is 0 Å². The van der Waals surface area contributed by atoms with Crippen LogP contribution in [0.2, 0.25) is 0 Å². The van der Waals surface area contributed by atoms with Gasteiger partial charge < -0.3 is 4.90 Å². The summed E-state index contributed by atoms with van der Waals surface area (Å²) in [5.41, 5.74) is 0.710. The van der Waals surface area contributed by atoms with Crippen molar-refractivity contribution in [2.45, 2.75) is 46.1 Å². The Morgan fingerprint density at radius 1 is 1.39 bits per heavy atom. The fourth-order valence-corrected chi connectivity index (χ4v) is 4.92. The highest BCUT2D eigenvalue weighted by Gasteiger charge is 2.51. The SMILES string of the molecule is CC1(C)C[C@@H]2C[C@@](C)(CN2C(=O)c2cccs2)C1. The first-order valence-corrected chi connectivity index (χ1v) is 7.61. The van der Waals surface area contributed by atoms with Crippen LogP contribution in [0.15, 0.2) is 17.5 Å². The molecule has 0 radical (unpaired) electrons. The zero-order valence-electron chi connectivity index (χ0n) is 11.4. The van der Waals surface area contributed by atoms with E-state index < -0.39 is 0 Å². The van der Waals surface area contributed by atoms with Crippen molar-refractivity contribution in [1.29, 1.82) is 0 Å². The summed E-state index contributed by atoms with van der Waals surface area (Å²) in [6.07, 6.45) is 3.58. The van der Waals surface area contributed by atoms with Crippen molar-refractivity contribution in [1.82, 2.24) is 4.90 Å². The molecule has 2 bridgehead atoms. The summed E-state index contributed by atoms with van der Waals surface area (Å²) >= 11 is 1.56. The second-order valence-corrected chi connectivity index (χ2v) is 8.07. The second kappa shape index (κ2) is 3.83. The van der Waals surface area contributed by atoms with Gasteiger partial charge in [0.2, 0.25) is 0 Å². The molecule has 2 fully saturated rings. The fourth-order valence-electron chi connectivity index (χ4n) is 4.24. The maximum absolute atomic E-state index is 12.5. The van der Waals surface area contributed by atoms with Crippen LogP contribution in [0.25, 0.3) is 0 Å². The summed E-state index contributed by atoms with van der Waals surface area (Å²) in [4.78, 5) is 15.6. The molecule has 1 aromatic rings. The highest BCUT2D eigenvalue weighted by atomic mass is 32.1. The largest absolute Gasteiger partial charge is 0.334 e. The molecule has 18 heavy (non-hydrogen) atoms. The van der Waals surface area contributed by atoms with Crippen molar-refractivity contribution in [2.24, 2.45) is 10.8 Å². The second-order valence-electron chi connectivity index (χ2n) is 7.12. The van der Waals surface area contributed by atoms with E-state index in [-0.39, 0.29) is 5.91 Å². The molecule has 0 unspecified atom stereocenters. The Hall–Kier alpha value is -0.830. The standard InChI is InChI=1S/C15H21NOS/c1-14(2)7-11-8-15(3,9-14)10-16(11)13(17)12-5-4-6-18-12/h4-6,11H,7-10H2,1-3H3/t11-,15-/m1/s1. The van der Waals surface area contributed by atoms with E-state index in [1.807, 2.05) is 17.5 Å². The van der Waals surface area contributed by atoms with Gasteiger partial charge >= 0.3 is 0 Å². The van der Waals surface area contributed by atoms with E-state index in [2.05, 4.69) is 25.7 Å². The summed E-state index contributed by atoms with van der Waals surface area (Å²) in [5.74, 6) is 0.247. The lowest BCUT2D eigenvalue weighted by Gasteiger charge is -2.39. The van der Waals surface area contributed by atoms with Gasteiger partial charge in [-0.3, -0.25) is 4.79 Å². The maximum atomic E-state index is 12.5. The molecule has 0 spiro atoms. The van der Waals surface area contributed by atoms with Crippen molar-refractivity contribution in [3.05, 3.63) is 22.4 Å². The molecule has 2 nitrogen and oxygen atoms in total. The van der Waals surface area contributed by atoms with Crippen LogP contribution in [-0.2, 0) is 0 Å². The van der Waals surface area contributed by atoms with Crippen LogP contribution >= 0.6 is 11.3 Å². The highest BCUT2D eigenvalue weighted by molar-refractivity contribution is 7.12. The Morgan fingerprint density at radius 3 is 2.83 bits per heavy atom. The molecule has 1 amide bonds. The molecule has 1 aliphatic carbocycles. The molecule has 2 aliphatic rings. The Labute approximate surface area is 113 Å². The number of nitrogens with zero attached hydrogens (tertiary/aromatic N) is 1. The molecule has 3 heteroatoms. The third-order valence-corrected chi connectivity index (χ3v) is 5.27. The lowest BCUT2D eigenvalue weighted by atomic mass is 9.65. The van der Waals surface area contributed by atoms with Gasteiger partial charge in [0.25, 0.3) is 5.91 Å². The van der Waals surface area contributed by atoms with Crippen molar-refractivity contribution < 1.29 is 4.79 Å². The number of hydrogen-bond acceptors (Lipinski definition) is 2. The van der Waals surface area contributed by atoms with Crippen LogP contribution < -0.4 is 0 Å². The van der Waals surface area contributed by atoms with Crippen LogP contribution in [0.3, 0.4) is 0 Å². The summed E-state index contributed by atoms with van der Waals surface area (Å²) in [5, 5.41) is 1.99. The van der Waals surface area contributed by atoms with Gasteiger partial charge in [0, 0.05) is 12.6 Å². The maximum Gasteiger partial charge on any atom is 0.264 e. The van der Waals surface area contributed by atoms with Crippen LogP contribution in [0.5, 0.6) is 0 Å². The Morgan fingerprint density at radius 2 is 2.17 bits per heavy atom. The molecule has 0 aromatic carbocycles. The fraction of sp³-hybridized carbons (Fsp3) is 0.667. The van der Waals surface area contributed by atoms with Crippen molar-refractivity contribution >= 4 is 17.2 Å². The molecule has 0 N–H and O–H groups in total. The Bertz CT molecular complexity index is 465. The molecule has 98 valence electrons. The average molecular weight is 263 g/mol.